The Hall–Kier alpha value is -1.78. The van der Waals surface area contributed by atoms with E-state index in [9.17, 15) is 0 Å². The van der Waals surface area contributed by atoms with Gasteiger partial charge in [0.2, 0.25) is 0 Å². The highest BCUT2D eigenvalue weighted by Crippen LogP contribution is 2.16. The van der Waals surface area contributed by atoms with Crippen LogP contribution in [0, 0.1) is 0 Å². The number of nitrogens with zero attached hydrogens (tertiary/aromatic N) is 2. The van der Waals surface area contributed by atoms with Gasteiger partial charge in [-0.2, -0.15) is 5.10 Å². The summed E-state index contributed by atoms with van der Waals surface area (Å²) in [6, 6.07) is 1.74. The minimum Gasteiger partial charge on any atom is -0.397 e. The average molecular weight is 149 g/mol. The molecule has 11 heavy (non-hydrogen) atoms. The highest BCUT2D eigenvalue weighted by molar-refractivity contribution is 5.87. The Kier molecular flexibility index (Phi) is 1.00. The van der Waals surface area contributed by atoms with Gasteiger partial charge in [0.25, 0.3) is 0 Å². The molecule has 0 saturated carbocycles. The topological polar surface area (TPSA) is 93.6 Å². The Morgan fingerprint density at radius 2 is 2.18 bits per heavy atom. The van der Waals surface area contributed by atoms with Gasteiger partial charge in [0.1, 0.15) is 5.82 Å². The van der Waals surface area contributed by atoms with Crippen molar-refractivity contribution in [2.45, 2.75) is 0 Å². The van der Waals surface area contributed by atoms with E-state index in [2.05, 4.69) is 15.2 Å². The first-order valence-corrected chi connectivity index (χ1v) is 3.12. The lowest BCUT2D eigenvalue weighted by Gasteiger charge is -1.90. The molecule has 0 aliphatic rings. The number of nitrogens with one attached hydrogen (secondary N) is 1. The van der Waals surface area contributed by atoms with Crippen LogP contribution in [0.15, 0.2) is 12.3 Å². The number of pyridine rings is 1. The number of anilines is 2. The summed E-state index contributed by atoms with van der Waals surface area (Å²) in [6.45, 7) is 0. The minimum absolute atomic E-state index is 0.500. The number of nitrogen functional groups attached to an aromatic ring is 2. The summed E-state index contributed by atoms with van der Waals surface area (Å²) in [5.41, 5.74) is 12.2. The predicted octanol–water partition coefficient (Wildman–Crippen LogP) is 0.122. The van der Waals surface area contributed by atoms with Crippen molar-refractivity contribution in [2.24, 2.45) is 0 Å². The third-order valence-corrected chi connectivity index (χ3v) is 1.46. The zero-order valence-corrected chi connectivity index (χ0v) is 5.70. The summed E-state index contributed by atoms with van der Waals surface area (Å²) in [5, 5.41) is 7.22. The maximum atomic E-state index is 5.53. The van der Waals surface area contributed by atoms with Crippen LogP contribution in [-0.4, -0.2) is 15.2 Å². The van der Waals surface area contributed by atoms with Crippen LogP contribution in [0.1, 0.15) is 0 Å². The lowest BCUT2D eigenvalue weighted by atomic mass is 10.3. The molecule has 0 fully saturated rings. The predicted molar refractivity (Wildman–Crippen MR) is 42.7 cm³/mol. The number of aromatic nitrogens is 3. The van der Waals surface area contributed by atoms with Gasteiger partial charge in [0.05, 0.1) is 17.3 Å². The summed E-state index contributed by atoms with van der Waals surface area (Å²) in [4.78, 5) is 3.95. The van der Waals surface area contributed by atoms with Gasteiger partial charge in [0.15, 0.2) is 5.65 Å². The van der Waals surface area contributed by atoms with Crippen LogP contribution in [0.2, 0.25) is 0 Å². The molecule has 0 amide bonds. The zero-order chi connectivity index (χ0) is 7.84. The number of aromatic amines is 1. The van der Waals surface area contributed by atoms with E-state index in [0.717, 1.165) is 5.39 Å². The molecule has 0 aliphatic heterocycles. The third-order valence-electron chi connectivity index (χ3n) is 1.46. The second-order valence-electron chi connectivity index (χ2n) is 2.28. The fourth-order valence-corrected chi connectivity index (χ4v) is 0.934. The molecule has 0 aliphatic carbocycles. The van der Waals surface area contributed by atoms with Crippen molar-refractivity contribution in [3.63, 3.8) is 0 Å². The van der Waals surface area contributed by atoms with Crippen molar-refractivity contribution in [2.75, 3.05) is 11.5 Å². The molecule has 0 radical (unpaired) electrons. The molecule has 2 aromatic heterocycles. The van der Waals surface area contributed by atoms with Crippen molar-refractivity contribution >= 4 is 22.5 Å². The molecule has 56 valence electrons. The normalized spacial score (nSPS) is 10.5. The Balaban J connectivity index is 2.87. The fourth-order valence-electron chi connectivity index (χ4n) is 0.934. The molecule has 0 aromatic carbocycles. The molecule has 5 nitrogen and oxygen atoms in total. The van der Waals surface area contributed by atoms with Gasteiger partial charge in [-0.25, -0.2) is 4.98 Å². The van der Waals surface area contributed by atoms with E-state index in [1.54, 1.807) is 12.3 Å². The van der Waals surface area contributed by atoms with Gasteiger partial charge in [0, 0.05) is 0 Å². The lowest BCUT2D eigenvalue weighted by molar-refractivity contribution is 1.10. The summed E-state index contributed by atoms with van der Waals surface area (Å²) in [6.07, 6.45) is 1.54. The smallest absolute Gasteiger partial charge is 0.183 e. The van der Waals surface area contributed by atoms with E-state index in [1.807, 2.05) is 0 Å². The van der Waals surface area contributed by atoms with Crippen molar-refractivity contribution < 1.29 is 0 Å². The molecule has 2 aromatic rings. The van der Waals surface area contributed by atoms with Crippen LogP contribution in [0.25, 0.3) is 11.0 Å². The van der Waals surface area contributed by atoms with Gasteiger partial charge < -0.3 is 11.5 Å². The first-order chi connectivity index (χ1) is 5.27. The SMILES string of the molecule is Nc1cnc2n[nH]c(N)c2c1. The average Bonchev–Trinajstić information content (AvgIpc) is 2.33. The van der Waals surface area contributed by atoms with Crippen LogP contribution in [0.5, 0.6) is 0 Å². The number of nitrogens with two attached hydrogens (primary N) is 2. The number of hydrogen-bond donors (Lipinski definition) is 3. The third kappa shape index (κ3) is 0.778. The fraction of sp³-hybridized carbons (Fsp3) is 0. The van der Waals surface area contributed by atoms with Crippen LogP contribution in [0.4, 0.5) is 11.5 Å². The van der Waals surface area contributed by atoms with Crippen LogP contribution in [0.3, 0.4) is 0 Å². The zero-order valence-electron chi connectivity index (χ0n) is 5.70. The van der Waals surface area contributed by atoms with Crippen LogP contribution in [-0.2, 0) is 0 Å². The van der Waals surface area contributed by atoms with E-state index >= 15 is 0 Å². The molecule has 0 unspecified atom stereocenters. The van der Waals surface area contributed by atoms with E-state index in [1.165, 1.54) is 0 Å². The number of fused-ring (bicyclic) bond motifs is 1. The van der Waals surface area contributed by atoms with E-state index in [0.29, 0.717) is 17.2 Å². The van der Waals surface area contributed by atoms with Gasteiger partial charge >= 0.3 is 0 Å². The van der Waals surface area contributed by atoms with Gasteiger partial charge in [-0.05, 0) is 6.07 Å². The second-order valence-corrected chi connectivity index (χ2v) is 2.28. The van der Waals surface area contributed by atoms with Crippen LogP contribution >= 0.6 is 0 Å². The van der Waals surface area contributed by atoms with Crippen molar-refractivity contribution in [3.05, 3.63) is 12.3 Å². The molecule has 5 N–H and O–H groups in total. The second kappa shape index (κ2) is 1.85. The van der Waals surface area contributed by atoms with Gasteiger partial charge in [-0.3, -0.25) is 5.10 Å². The first-order valence-electron chi connectivity index (χ1n) is 3.12. The summed E-state index contributed by atoms with van der Waals surface area (Å²) in [7, 11) is 0. The quantitative estimate of drug-likeness (QED) is 0.496. The van der Waals surface area contributed by atoms with Crippen molar-refractivity contribution in [3.8, 4) is 0 Å². The lowest BCUT2D eigenvalue weighted by Crippen LogP contribution is -1.87. The van der Waals surface area contributed by atoms with Crippen molar-refractivity contribution in [1.82, 2.24) is 15.2 Å². The summed E-state index contributed by atoms with van der Waals surface area (Å²) < 4.78 is 0. The molecule has 0 atom stereocenters. The Labute approximate surface area is 62.4 Å². The molecule has 0 bridgehead atoms. The number of H-pyrrole nitrogens is 1. The van der Waals surface area contributed by atoms with E-state index in [-0.39, 0.29) is 0 Å². The van der Waals surface area contributed by atoms with E-state index < -0.39 is 0 Å². The highest BCUT2D eigenvalue weighted by atomic mass is 15.2. The Morgan fingerprint density at radius 1 is 1.36 bits per heavy atom. The number of hydrogen-bond acceptors (Lipinski definition) is 4. The molecule has 2 heterocycles. The van der Waals surface area contributed by atoms with Crippen LogP contribution < -0.4 is 11.5 Å². The van der Waals surface area contributed by atoms with Crippen molar-refractivity contribution in [1.29, 1.82) is 0 Å². The number of rotatable bonds is 0. The Bertz CT molecular complexity index is 391. The largest absolute Gasteiger partial charge is 0.397 e. The molecule has 0 saturated heterocycles. The maximum absolute atomic E-state index is 5.53. The molecule has 5 heteroatoms. The minimum atomic E-state index is 0.500. The molecule has 0 spiro atoms. The molecular formula is C6H7N5. The van der Waals surface area contributed by atoms with E-state index in [4.69, 9.17) is 11.5 Å². The molecule has 2 rings (SSSR count). The highest BCUT2D eigenvalue weighted by Gasteiger charge is 2.01. The molecular weight excluding hydrogens is 142 g/mol. The summed E-state index contributed by atoms with van der Waals surface area (Å²) in [5.74, 6) is 0.500. The standard InChI is InChI=1S/C6H7N5/c7-3-1-4-5(8)10-11-6(4)9-2-3/h1-2H,7H2,(H3,8,9,10,11). The monoisotopic (exact) mass is 149 g/mol. The van der Waals surface area contributed by atoms with Gasteiger partial charge in [-0.15, -0.1) is 0 Å². The maximum Gasteiger partial charge on any atom is 0.183 e. The summed E-state index contributed by atoms with van der Waals surface area (Å²) >= 11 is 0. The van der Waals surface area contributed by atoms with Gasteiger partial charge in [-0.1, -0.05) is 0 Å². The Morgan fingerprint density at radius 3 is 3.00 bits per heavy atom. The first kappa shape index (κ1) is 5.96.